The van der Waals surface area contributed by atoms with Gasteiger partial charge in [-0.3, -0.25) is 4.98 Å². The van der Waals surface area contributed by atoms with Crippen LogP contribution in [0.5, 0.6) is 0 Å². The number of aliphatic hydroxyl groups excluding tert-OH is 1. The molecule has 3 aromatic rings. The first-order chi connectivity index (χ1) is 8.75. The van der Waals surface area contributed by atoms with E-state index in [4.69, 9.17) is 0 Å². The standard InChI is InChI=1S/C14H12N2OS/c1-9-16-13(8-18-9)14(17)11-4-2-3-10-5-6-15-7-12(10)11/h2-8,14,17H,1H3. The summed E-state index contributed by atoms with van der Waals surface area (Å²) in [4.78, 5) is 8.47. The van der Waals surface area contributed by atoms with Crippen molar-refractivity contribution in [1.29, 1.82) is 0 Å². The van der Waals surface area contributed by atoms with Gasteiger partial charge >= 0.3 is 0 Å². The van der Waals surface area contributed by atoms with E-state index >= 15 is 0 Å². The summed E-state index contributed by atoms with van der Waals surface area (Å²) in [6.07, 6.45) is 2.85. The van der Waals surface area contributed by atoms with Gasteiger partial charge in [0.1, 0.15) is 6.10 Å². The Morgan fingerprint density at radius 1 is 1.28 bits per heavy atom. The molecule has 0 spiro atoms. The van der Waals surface area contributed by atoms with Gasteiger partial charge < -0.3 is 5.11 Å². The SMILES string of the molecule is Cc1nc(C(O)c2cccc3ccncc23)cs1. The molecule has 1 aromatic carbocycles. The van der Waals surface area contributed by atoms with Crippen LogP contribution < -0.4 is 0 Å². The van der Waals surface area contributed by atoms with Gasteiger partial charge in [-0.1, -0.05) is 18.2 Å². The van der Waals surface area contributed by atoms with E-state index in [0.717, 1.165) is 21.3 Å². The van der Waals surface area contributed by atoms with Crippen LogP contribution in [0.1, 0.15) is 22.4 Å². The third-order valence-corrected chi connectivity index (χ3v) is 3.72. The van der Waals surface area contributed by atoms with E-state index in [9.17, 15) is 5.11 Å². The van der Waals surface area contributed by atoms with Gasteiger partial charge in [0.15, 0.2) is 0 Å². The van der Waals surface area contributed by atoms with E-state index in [1.165, 1.54) is 0 Å². The van der Waals surface area contributed by atoms with Crippen molar-refractivity contribution in [1.82, 2.24) is 9.97 Å². The normalized spacial score (nSPS) is 12.8. The van der Waals surface area contributed by atoms with Crippen molar-refractivity contribution in [2.24, 2.45) is 0 Å². The minimum absolute atomic E-state index is 0.692. The molecule has 1 N–H and O–H groups in total. The van der Waals surface area contributed by atoms with E-state index in [2.05, 4.69) is 9.97 Å². The second kappa shape index (κ2) is 4.48. The van der Waals surface area contributed by atoms with Crippen molar-refractivity contribution in [3.63, 3.8) is 0 Å². The lowest BCUT2D eigenvalue weighted by molar-refractivity contribution is 0.217. The number of fused-ring (bicyclic) bond motifs is 1. The molecular formula is C14H12N2OS. The van der Waals surface area contributed by atoms with E-state index in [1.54, 1.807) is 23.7 Å². The number of aromatic nitrogens is 2. The Labute approximate surface area is 109 Å². The predicted molar refractivity (Wildman–Crippen MR) is 72.7 cm³/mol. The van der Waals surface area contributed by atoms with Crippen LogP contribution in [0.3, 0.4) is 0 Å². The molecule has 4 heteroatoms. The maximum Gasteiger partial charge on any atom is 0.122 e. The van der Waals surface area contributed by atoms with Crippen LogP contribution in [-0.4, -0.2) is 15.1 Å². The highest BCUT2D eigenvalue weighted by Gasteiger charge is 2.15. The third-order valence-electron chi connectivity index (χ3n) is 2.93. The van der Waals surface area contributed by atoms with Gasteiger partial charge in [-0.15, -0.1) is 11.3 Å². The highest BCUT2D eigenvalue weighted by Crippen LogP contribution is 2.28. The van der Waals surface area contributed by atoms with Crippen LogP contribution in [-0.2, 0) is 0 Å². The number of benzene rings is 1. The number of aryl methyl sites for hydroxylation is 1. The molecule has 2 aromatic heterocycles. The van der Waals surface area contributed by atoms with Gasteiger partial charge in [-0.05, 0) is 23.9 Å². The summed E-state index contributed by atoms with van der Waals surface area (Å²) in [5.41, 5.74) is 1.56. The average Bonchev–Trinajstić information content (AvgIpc) is 2.84. The van der Waals surface area contributed by atoms with E-state index in [1.807, 2.05) is 36.6 Å². The van der Waals surface area contributed by atoms with Gasteiger partial charge in [0, 0.05) is 23.2 Å². The smallest absolute Gasteiger partial charge is 0.122 e. The Morgan fingerprint density at radius 3 is 2.94 bits per heavy atom. The Bertz CT molecular complexity index is 688. The zero-order valence-corrected chi connectivity index (χ0v) is 10.7. The summed E-state index contributed by atoms with van der Waals surface area (Å²) >= 11 is 1.55. The van der Waals surface area contributed by atoms with Gasteiger partial charge in [0.2, 0.25) is 0 Å². The molecule has 0 aliphatic rings. The van der Waals surface area contributed by atoms with Gasteiger partial charge in [0.25, 0.3) is 0 Å². The molecule has 0 aliphatic heterocycles. The zero-order chi connectivity index (χ0) is 12.5. The highest BCUT2D eigenvalue weighted by atomic mass is 32.1. The van der Waals surface area contributed by atoms with Crippen LogP contribution in [0.4, 0.5) is 0 Å². The molecule has 0 aliphatic carbocycles. The maximum atomic E-state index is 10.4. The number of nitrogens with zero attached hydrogens (tertiary/aromatic N) is 2. The molecule has 0 radical (unpaired) electrons. The average molecular weight is 256 g/mol. The number of hydrogen-bond donors (Lipinski definition) is 1. The van der Waals surface area contributed by atoms with Gasteiger partial charge in [-0.25, -0.2) is 4.98 Å². The summed E-state index contributed by atoms with van der Waals surface area (Å²) in [6.45, 7) is 1.94. The minimum Gasteiger partial charge on any atom is -0.382 e. The lowest BCUT2D eigenvalue weighted by atomic mass is 10.0. The van der Waals surface area contributed by atoms with Crippen molar-refractivity contribution < 1.29 is 5.11 Å². The number of pyridine rings is 1. The van der Waals surface area contributed by atoms with E-state index in [0.29, 0.717) is 5.69 Å². The minimum atomic E-state index is -0.692. The van der Waals surface area contributed by atoms with Gasteiger partial charge in [-0.2, -0.15) is 0 Å². The number of rotatable bonds is 2. The fraction of sp³-hybridized carbons (Fsp3) is 0.143. The summed E-state index contributed by atoms with van der Waals surface area (Å²) in [7, 11) is 0. The Hall–Kier alpha value is -1.78. The highest BCUT2D eigenvalue weighted by molar-refractivity contribution is 7.09. The van der Waals surface area contributed by atoms with Crippen molar-refractivity contribution in [2.45, 2.75) is 13.0 Å². The lowest BCUT2D eigenvalue weighted by Crippen LogP contribution is -2.01. The van der Waals surface area contributed by atoms with Crippen LogP contribution in [0, 0.1) is 6.92 Å². The molecular weight excluding hydrogens is 244 g/mol. The molecule has 0 saturated carbocycles. The first kappa shape index (κ1) is 11.3. The second-order valence-corrected chi connectivity index (χ2v) is 5.20. The van der Waals surface area contributed by atoms with Crippen LogP contribution in [0.2, 0.25) is 0 Å². The Balaban J connectivity index is 2.14. The van der Waals surface area contributed by atoms with E-state index < -0.39 is 6.10 Å². The topological polar surface area (TPSA) is 46.0 Å². The van der Waals surface area contributed by atoms with Crippen LogP contribution in [0.25, 0.3) is 10.8 Å². The largest absolute Gasteiger partial charge is 0.382 e. The lowest BCUT2D eigenvalue weighted by Gasteiger charge is -2.11. The van der Waals surface area contributed by atoms with Crippen molar-refractivity contribution in [3.05, 3.63) is 58.3 Å². The van der Waals surface area contributed by atoms with Crippen LogP contribution >= 0.6 is 11.3 Å². The fourth-order valence-corrected chi connectivity index (χ4v) is 2.67. The molecule has 90 valence electrons. The summed E-state index contributed by atoms with van der Waals surface area (Å²) in [5, 5.41) is 15.3. The first-order valence-electron chi connectivity index (χ1n) is 5.68. The molecule has 0 saturated heterocycles. The number of thiazole rings is 1. The van der Waals surface area contributed by atoms with E-state index in [-0.39, 0.29) is 0 Å². The first-order valence-corrected chi connectivity index (χ1v) is 6.56. The molecule has 2 heterocycles. The molecule has 0 fully saturated rings. The predicted octanol–water partition coefficient (Wildman–Crippen LogP) is 3.08. The zero-order valence-electron chi connectivity index (χ0n) is 9.87. The molecule has 3 rings (SSSR count). The maximum absolute atomic E-state index is 10.4. The Morgan fingerprint density at radius 2 is 2.17 bits per heavy atom. The molecule has 1 unspecified atom stereocenters. The quantitative estimate of drug-likeness (QED) is 0.766. The Kier molecular flexibility index (Phi) is 2.81. The second-order valence-electron chi connectivity index (χ2n) is 4.14. The number of hydrogen-bond acceptors (Lipinski definition) is 4. The summed E-state index contributed by atoms with van der Waals surface area (Å²) in [6, 6.07) is 7.82. The van der Waals surface area contributed by atoms with Gasteiger partial charge in [0.05, 0.1) is 10.7 Å². The third kappa shape index (κ3) is 1.89. The monoisotopic (exact) mass is 256 g/mol. The van der Waals surface area contributed by atoms with Crippen LogP contribution in [0.15, 0.2) is 42.0 Å². The molecule has 1 atom stereocenters. The number of aliphatic hydroxyl groups is 1. The van der Waals surface area contributed by atoms with Crippen molar-refractivity contribution >= 4 is 22.1 Å². The molecule has 3 nitrogen and oxygen atoms in total. The van der Waals surface area contributed by atoms with Crippen molar-refractivity contribution in [3.8, 4) is 0 Å². The van der Waals surface area contributed by atoms with Crippen molar-refractivity contribution in [2.75, 3.05) is 0 Å². The fourth-order valence-electron chi connectivity index (χ4n) is 2.04. The molecule has 18 heavy (non-hydrogen) atoms. The summed E-state index contributed by atoms with van der Waals surface area (Å²) in [5.74, 6) is 0. The molecule has 0 amide bonds. The summed E-state index contributed by atoms with van der Waals surface area (Å²) < 4.78 is 0. The molecule has 0 bridgehead atoms.